The number of unbranched alkanes of at least 4 members (excludes halogenated alkanes) is 6. The molecule has 0 amide bonds. The number of halogens is 2. The van der Waals surface area contributed by atoms with Crippen molar-refractivity contribution in [3.05, 3.63) is 27.1 Å². The van der Waals surface area contributed by atoms with E-state index in [-0.39, 0.29) is 0 Å². The molecule has 0 aliphatic heterocycles. The normalized spacial score (nSPS) is 12.8. The van der Waals surface area contributed by atoms with E-state index in [0.29, 0.717) is 5.41 Å². The van der Waals surface area contributed by atoms with Gasteiger partial charge in [-0.2, -0.15) is 0 Å². The monoisotopic (exact) mass is 544 g/mol. The number of nitrogens with zero attached hydrogens (tertiary/aromatic N) is 2. The van der Waals surface area contributed by atoms with Crippen LogP contribution in [0.5, 0.6) is 0 Å². The van der Waals surface area contributed by atoms with Gasteiger partial charge in [0, 0.05) is 27.9 Å². The summed E-state index contributed by atoms with van der Waals surface area (Å²) in [7, 11) is 0. The van der Waals surface area contributed by atoms with E-state index >= 15 is 0 Å². The summed E-state index contributed by atoms with van der Waals surface area (Å²) in [5, 5.41) is 1.91. The second-order valence-electron chi connectivity index (χ2n) is 9.97. The van der Waals surface area contributed by atoms with Crippen LogP contribution in [0.2, 0.25) is 5.02 Å². The van der Waals surface area contributed by atoms with Crippen molar-refractivity contribution in [1.82, 2.24) is 9.55 Å². The summed E-state index contributed by atoms with van der Waals surface area (Å²) in [5.41, 5.74) is 1.56. The number of aryl methyl sites for hydroxylation is 1. The SMILES string of the molecule is CC(C)C(CCCCCCCCCn1ccc2c(I)c(Cl)cnc21)(C(C)C)C(C)C. The summed E-state index contributed by atoms with van der Waals surface area (Å²) < 4.78 is 3.38. The van der Waals surface area contributed by atoms with Crippen molar-refractivity contribution >= 4 is 45.2 Å². The fourth-order valence-corrected chi connectivity index (χ4v) is 6.44. The van der Waals surface area contributed by atoms with Gasteiger partial charge in [0.15, 0.2) is 0 Å². The Morgan fingerprint density at radius 3 is 2.00 bits per heavy atom. The quantitative estimate of drug-likeness (QED) is 0.181. The predicted molar refractivity (Wildman–Crippen MR) is 141 cm³/mol. The summed E-state index contributed by atoms with van der Waals surface area (Å²) in [4.78, 5) is 4.53. The van der Waals surface area contributed by atoms with Crippen molar-refractivity contribution in [1.29, 1.82) is 0 Å². The van der Waals surface area contributed by atoms with E-state index in [1.54, 1.807) is 6.20 Å². The van der Waals surface area contributed by atoms with Crippen molar-refractivity contribution in [2.45, 2.75) is 99.5 Å². The van der Waals surface area contributed by atoms with Crippen LogP contribution in [-0.2, 0) is 6.54 Å². The lowest BCUT2D eigenvalue weighted by atomic mass is 9.60. The molecule has 0 saturated heterocycles. The third kappa shape index (κ3) is 6.15. The molecular weight excluding hydrogens is 503 g/mol. The Labute approximate surface area is 203 Å². The second-order valence-corrected chi connectivity index (χ2v) is 11.5. The van der Waals surface area contributed by atoms with Crippen molar-refractivity contribution < 1.29 is 0 Å². The first-order valence-corrected chi connectivity index (χ1v) is 13.5. The highest BCUT2D eigenvalue weighted by Gasteiger charge is 2.39. The van der Waals surface area contributed by atoms with Gasteiger partial charge in [-0.05, 0) is 64.7 Å². The molecule has 0 atom stereocenters. The van der Waals surface area contributed by atoms with Crippen molar-refractivity contribution in [2.75, 3.05) is 0 Å². The fourth-order valence-electron chi connectivity index (χ4n) is 5.73. The number of hydrogen-bond acceptors (Lipinski definition) is 1. The molecule has 0 spiro atoms. The van der Waals surface area contributed by atoms with Crippen molar-refractivity contribution in [2.24, 2.45) is 23.2 Å². The lowest BCUT2D eigenvalue weighted by Crippen LogP contribution is -2.38. The number of rotatable bonds is 13. The molecule has 4 heteroatoms. The van der Waals surface area contributed by atoms with E-state index in [9.17, 15) is 0 Å². The second kappa shape index (κ2) is 12.1. The Bertz CT molecular complexity index is 757. The first-order chi connectivity index (χ1) is 14.2. The van der Waals surface area contributed by atoms with Crippen LogP contribution in [0.25, 0.3) is 11.0 Å². The molecule has 0 bridgehead atoms. The molecule has 30 heavy (non-hydrogen) atoms. The molecule has 2 heterocycles. The molecule has 0 unspecified atom stereocenters. The predicted octanol–water partition coefficient (Wildman–Crippen LogP) is 9.37. The van der Waals surface area contributed by atoms with E-state index in [1.165, 1.54) is 56.8 Å². The number of aromatic nitrogens is 2. The first-order valence-electron chi connectivity index (χ1n) is 12.0. The Kier molecular flexibility index (Phi) is 10.5. The molecule has 0 aliphatic rings. The van der Waals surface area contributed by atoms with Gasteiger partial charge in [-0.25, -0.2) is 4.98 Å². The minimum atomic E-state index is 0.496. The van der Waals surface area contributed by atoms with E-state index < -0.39 is 0 Å². The third-order valence-corrected chi connectivity index (χ3v) is 9.18. The largest absolute Gasteiger partial charge is 0.332 e. The third-order valence-electron chi connectivity index (χ3n) is 7.41. The smallest absolute Gasteiger partial charge is 0.141 e. The standard InChI is InChI=1S/C26H42ClIN2/c1-19(2)26(20(3)4,21(5)6)15-12-10-8-7-9-11-13-16-30-17-14-22-24(28)23(27)18-29-25(22)30/h14,17-21H,7-13,15-16H2,1-6H3. The lowest BCUT2D eigenvalue weighted by molar-refractivity contribution is 0.0356. The molecule has 2 rings (SSSR count). The maximum atomic E-state index is 6.19. The molecule has 0 radical (unpaired) electrons. The minimum Gasteiger partial charge on any atom is -0.332 e. The average Bonchev–Trinajstić information content (AvgIpc) is 3.09. The number of hydrogen-bond donors (Lipinski definition) is 0. The molecular formula is C26H42ClIN2. The van der Waals surface area contributed by atoms with Gasteiger partial charge < -0.3 is 4.57 Å². The Hall–Kier alpha value is -0.290. The molecule has 0 fully saturated rings. The van der Waals surface area contributed by atoms with Gasteiger partial charge in [0.1, 0.15) is 5.65 Å². The molecule has 0 N–H and O–H groups in total. The summed E-state index contributed by atoms with van der Waals surface area (Å²) in [6.45, 7) is 15.6. The summed E-state index contributed by atoms with van der Waals surface area (Å²) >= 11 is 8.50. The summed E-state index contributed by atoms with van der Waals surface area (Å²) in [6, 6.07) is 2.14. The molecule has 2 aromatic rings. The van der Waals surface area contributed by atoms with E-state index in [1.807, 2.05) is 0 Å². The van der Waals surface area contributed by atoms with Gasteiger partial charge in [0.25, 0.3) is 0 Å². The maximum absolute atomic E-state index is 6.19. The van der Waals surface area contributed by atoms with Crippen LogP contribution in [0.4, 0.5) is 0 Å². The highest BCUT2D eigenvalue weighted by molar-refractivity contribution is 14.1. The van der Waals surface area contributed by atoms with Gasteiger partial charge >= 0.3 is 0 Å². The molecule has 0 aliphatic carbocycles. The molecule has 2 aromatic heterocycles. The van der Waals surface area contributed by atoms with Gasteiger partial charge in [-0.1, -0.05) is 91.7 Å². The number of pyridine rings is 1. The Balaban J connectivity index is 1.65. The van der Waals surface area contributed by atoms with Gasteiger partial charge in [-0.15, -0.1) is 0 Å². The molecule has 0 saturated carbocycles. The van der Waals surface area contributed by atoms with Crippen LogP contribution in [0.1, 0.15) is 92.9 Å². The molecule has 170 valence electrons. The Morgan fingerprint density at radius 2 is 1.43 bits per heavy atom. The average molecular weight is 545 g/mol. The molecule has 2 nitrogen and oxygen atoms in total. The zero-order valence-corrected chi connectivity index (χ0v) is 22.9. The van der Waals surface area contributed by atoms with Crippen molar-refractivity contribution in [3.8, 4) is 0 Å². The molecule has 0 aromatic carbocycles. The van der Waals surface area contributed by atoms with Crippen LogP contribution in [-0.4, -0.2) is 9.55 Å². The van der Waals surface area contributed by atoms with Crippen LogP contribution < -0.4 is 0 Å². The van der Waals surface area contributed by atoms with Crippen LogP contribution >= 0.6 is 34.2 Å². The van der Waals surface area contributed by atoms with Gasteiger partial charge in [-0.3, -0.25) is 0 Å². The minimum absolute atomic E-state index is 0.496. The van der Waals surface area contributed by atoms with Crippen LogP contribution in [0.15, 0.2) is 18.5 Å². The highest BCUT2D eigenvalue weighted by Crippen LogP contribution is 2.47. The summed E-state index contributed by atoms with van der Waals surface area (Å²) in [6.07, 6.45) is 14.7. The topological polar surface area (TPSA) is 17.8 Å². The Morgan fingerprint density at radius 1 is 0.900 bits per heavy atom. The number of fused-ring (bicyclic) bond motifs is 1. The van der Waals surface area contributed by atoms with Gasteiger partial charge in [0.05, 0.1) is 5.02 Å². The zero-order valence-electron chi connectivity index (χ0n) is 20.0. The van der Waals surface area contributed by atoms with Gasteiger partial charge in [0.2, 0.25) is 0 Å². The van der Waals surface area contributed by atoms with E-state index in [0.717, 1.165) is 38.5 Å². The van der Waals surface area contributed by atoms with Crippen LogP contribution in [0.3, 0.4) is 0 Å². The maximum Gasteiger partial charge on any atom is 0.141 e. The van der Waals surface area contributed by atoms with E-state index in [4.69, 9.17) is 11.6 Å². The highest BCUT2D eigenvalue weighted by atomic mass is 127. The fraction of sp³-hybridized carbons (Fsp3) is 0.731. The van der Waals surface area contributed by atoms with Crippen molar-refractivity contribution in [3.63, 3.8) is 0 Å². The lowest BCUT2D eigenvalue weighted by Gasteiger charge is -2.45. The summed E-state index contributed by atoms with van der Waals surface area (Å²) in [5.74, 6) is 2.28. The first kappa shape index (κ1) is 26.0. The van der Waals surface area contributed by atoms with E-state index in [2.05, 4.69) is 85.9 Å². The van der Waals surface area contributed by atoms with Crippen LogP contribution in [0, 0.1) is 26.7 Å². The zero-order chi connectivity index (χ0) is 22.3.